The second-order valence-corrected chi connectivity index (χ2v) is 4.92. The van der Waals surface area contributed by atoms with Gasteiger partial charge in [-0.3, -0.25) is 0 Å². The molecule has 1 rings (SSSR count). The Kier molecular flexibility index (Phi) is 2.95. The molecular formula is C11H17ClN2. The summed E-state index contributed by atoms with van der Waals surface area (Å²) in [6.45, 7) is 8.20. The van der Waals surface area contributed by atoms with E-state index in [1.54, 1.807) is 0 Å². The molecule has 1 aromatic carbocycles. The third kappa shape index (κ3) is 2.55. The lowest BCUT2D eigenvalue weighted by atomic mass is 10.1. The Morgan fingerprint density at radius 3 is 2.36 bits per heavy atom. The molecule has 1 aromatic rings. The maximum absolute atomic E-state index is 5.95. The lowest BCUT2D eigenvalue weighted by Crippen LogP contribution is -2.26. The molecule has 0 aliphatic rings. The average molecular weight is 213 g/mol. The Bertz CT molecular complexity index is 340. The van der Waals surface area contributed by atoms with Crippen LogP contribution in [0.25, 0.3) is 0 Å². The van der Waals surface area contributed by atoms with Gasteiger partial charge in [0, 0.05) is 10.6 Å². The van der Waals surface area contributed by atoms with E-state index in [1.165, 1.54) is 0 Å². The van der Waals surface area contributed by atoms with E-state index in [9.17, 15) is 0 Å². The van der Waals surface area contributed by atoms with Crippen molar-refractivity contribution in [2.24, 2.45) is 0 Å². The van der Waals surface area contributed by atoms with Crippen LogP contribution in [0.15, 0.2) is 12.1 Å². The van der Waals surface area contributed by atoms with Gasteiger partial charge in [0.05, 0.1) is 11.4 Å². The lowest BCUT2D eigenvalue weighted by Gasteiger charge is -2.24. The molecule has 3 N–H and O–H groups in total. The fourth-order valence-electron chi connectivity index (χ4n) is 1.21. The second-order valence-electron chi connectivity index (χ2n) is 4.51. The van der Waals surface area contributed by atoms with Crippen LogP contribution in [-0.2, 0) is 0 Å². The molecule has 78 valence electrons. The van der Waals surface area contributed by atoms with Gasteiger partial charge in [0.15, 0.2) is 0 Å². The first-order valence-electron chi connectivity index (χ1n) is 4.64. The molecule has 0 bridgehead atoms. The average Bonchev–Trinajstić information content (AvgIpc) is 2.04. The molecule has 0 fully saturated rings. The molecule has 0 aromatic heterocycles. The van der Waals surface area contributed by atoms with Gasteiger partial charge in [-0.15, -0.1) is 0 Å². The minimum Gasteiger partial charge on any atom is -0.397 e. The Balaban J connectivity index is 3.06. The molecule has 0 unspecified atom stereocenters. The van der Waals surface area contributed by atoms with E-state index >= 15 is 0 Å². The number of rotatable bonds is 1. The van der Waals surface area contributed by atoms with Crippen LogP contribution in [0.5, 0.6) is 0 Å². The summed E-state index contributed by atoms with van der Waals surface area (Å²) in [5, 5.41) is 4.04. The van der Waals surface area contributed by atoms with Gasteiger partial charge in [0.25, 0.3) is 0 Å². The Hall–Kier alpha value is -0.890. The first kappa shape index (κ1) is 11.2. The van der Waals surface area contributed by atoms with E-state index in [-0.39, 0.29) is 5.54 Å². The summed E-state index contributed by atoms with van der Waals surface area (Å²) in [6.07, 6.45) is 0. The number of nitrogen functional groups attached to an aromatic ring is 1. The van der Waals surface area contributed by atoms with Gasteiger partial charge in [-0.05, 0) is 45.4 Å². The van der Waals surface area contributed by atoms with Crippen molar-refractivity contribution in [3.05, 3.63) is 22.7 Å². The van der Waals surface area contributed by atoms with Crippen LogP contribution in [0.2, 0.25) is 5.02 Å². The normalized spacial score (nSPS) is 11.5. The molecule has 3 heteroatoms. The quantitative estimate of drug-likeness (QED) is 0.700. The summed E-state index contributed by atoms with van der Waals surface area (Å²) in [6, 6.07) is 3.78. The van der Waals surface area contributed by atoms with E-state index < -0.39 is 0 Å². The highest BCUT2D eigenvalue weighted by atomic mass is 35.5. The number of hydrogen-bond donors (Lipinski definition) is 2. The van der Waals surface area contributed by atoms with Crippen molar-refractivity contribution in [1.29, 1.82) is 0 Å². The Morgan fingerprint density at radius 1 is 1.29 bits per heavy atom. The number of nitrogens with one attached hydrogen (secondary N) is 1. The molecule has 0 atom stereocenters. The summed E-state index contributed by atoms with van der Waals surface area (Å²) in [5.41, 5.74) is 8.56. The van der Waals surface area contributed by atoms with Crippen LogP contribution < -0.4 is 11.1 Å². The highest BCUT2D eigenvalue weighted by Gasteiger charge is 2.12. The predicted molar refractivity (Wildman–Crippen MR) is 64.0 cm³/mol. The molecule has 0 radical (unpaired) electrons. The van der Waals surface area contributed by atoms with E-state index in [0.29, 0.717) is 5.02 Å². The Morgan fingerprint density at radius 2 is 1.86 bits per heavy atom. The van der Waals surface area contributed by atoms with Crippen LogP contribution in [0.1, 0.15) is 26.3 Å². The fraction of sp³-hybridized carbons (Fsp3) is 0.455. The van der Waals surface area contributed by atoms with Crippen molar-refractivity contribution < 1.29 is 0 Å². The molecule has 0 saturated heterocycles. The SMILES string of the molecule is Cc1c(Cl)ccc(NC(C)(C)C)c1N. The fourth-order valence-corrected chi connectivity index (χ4v) is 1.38. The van der Waals surface area contributed by atoms with Crippen LogP contribution in [-0.4, -0.2) is 5.54 Å². The number of hydrogen-bond acceptors (Lipinski definition) is 2. The molecule has 0 aliphatic carbocycles. The van der Waals surface area contributed by atoms with Crippen molar-refractivity contribution in [2.45, 2.75) is 33.2 Å². The van der Waals surface area contributed by atoms with Gasteiger partial charge in [0.1, 0.15) is 0 Å². The van der Waals surface area contributed by atoms with Gasteiger partial charge in [-0.25, -0.2) is 0 Å². The molecule has 14 heavy (non-hydrogen) atoms. The van der Waals surface area contributed by atoms with Crippen LogP contribution in [0.3, 0.4) is 0 Å². The molecule has 0 amide bonds. The maximum atomic E-state index is 5.95. The van der Waals surface area contributed by atoms with Crippen LogP contribution in [0, 0.1) is 6.92 Å². The summed E-state index contributed by atoms with van der Waals surface area (Å²) >= 11 is 5.95. The van der Waals surface area contributed by atoms with Crippen LogP contribution in [0.4, 0.5) is 11.4 Å². The van der Waals surface area contributed by atoms with Crippen molar-refractivity contribution in [1.82, 2.24) is 0 Å². The largest absolute Gasteiger partial charge is 0.397 e. The van der Waals surface area contributed by atoms with Crippen molar-refractivity contribution in [3.63, 3.8) is 0 Å². The third-order valence-electron chi connectivity index (χ3n) is 1.96. The van der Waals surface area contributed by atoms with Gasteiger partial charge in [-0.1, -0.05) is 11.6 Å². The van der Waals surface area contributed by atoms with E-state index in [1.807, 2.05) is 19.1 Å². The van der Waals surface area contributed by atoms with E-state index in [2.05, 4.69) is 26.1 Å². The molecule has 0 spiro atoms. The number of anilines is 2. The molecule has 2 nitrogen and oxygen atoms in total. The van der Waals surface area contributed by atoms with E-state index in [4.69, 9.17) is 17.3 Å². The number of benzene rings is 1. The summed E-state index contributed by atoms with van der Waals surface area (Å²) < 4.78 is 0. The summed E-state index contributed by atoms with van der Waals surface area (Å²) in [5.74, 6) is 0. The second kappa shape index (κ2) is 3.70. The minimum absolute atomic E-state index is 0.00832. The van der Waals surface area contributed by atoms with Gasteiger partial charge in [-0.2, -0.15) is 0 Å². The monoisotopic (exact) mass is 212 g/mol. The lowest BCUT2D eigenvalue weighted by molar-refractivity contribution is 0.634. The van der Waals surface area contributed by atoms with Gasteiger partial charge >= 0.3 is 0 Å². The molecule has 0 heterocycles. The van der Waals surface area contributed by atoms with Crippen molar-refractivity contribution in [3.8, 4) is 0 Å². The zero-order valence-electron chi connectivity index (χ0n) is 9.11. The highest BCUT2D eigenvalue weighted by Crippen LogP contribution is 2.30. The Labute approximate surface area is 90.4 Å². The number of halogens is 1. The zero-order valence-corrected chi connectivity index (χ0v) is 9.87. The minimum atomic E-state index is 0.00832. The maximum Gasteiger partial charge on any atom is 0.0594 e. The molecule has 0 saturated carbocycles. The third-order valence-corrected chi connectivity index (χ3v) is 2.37. The smallest absolute Gasteiger partial charge is 0.0594 e. The summed E-state index contributed by atoms with van der Waals surface area (Å²) in [7, 11) is 0. The standard InChI is InChI=1S/C11H17ClN2/c1-7-8(12)5-6-9(10(7)13)14-11(2,3)4/h5-6,14H,13H2,1-4H3. The number of nitrogens with two attached hydrogens (primary N) is 1. The zero-order chi connectivity index (χ0) is 10.9. The first-order chi connectivity index (χ1) is 6.31. The molecule has 0 aliphatic heterocycles. The first-order valence-corrected chi connectivity index (χ1v) is 5.02. The molecular weight excluding hydrogens is 196 g/mol. The van der Waals surface area contributed by atoms with Gasteiger partial charge < -0.3 is 11.1 Å². The predicted octanol–water partition coefficient (Wildman–Crippen LogP) is 3.44. The summed E-state index contributed by atoms with van der Waals surface area (Å²) in [4.78, 5) is 0. The topological polar surface area (TPSA) is 38.0 Å². The van der Waals surface area contributed by atoms with Crippen molar-refractivity contribution in [2.75, 3.05) is 11.1 Å². The highest BCUT2D eigenvalue weighted by molar-refractivity contribution is 6.31. The van der Waals surface area contributed by atoms with Gasteiger partial charge in [0.2, 0.25) is 0 Å². The van der Waals surface area contributed by atoms with Crippen LogP contribution >= 0.6 is 11.6 Å². The van der Waals surface area contributed by atoms with Crippen molar-refractivity contribution >= 4 is 23.0 Å². The van der Waals surface area contributed by atoms with E-state index in [0.717, 1.165) is 16.9 Å².